The number of rotatable bonds is 3. The maximum Gasteiger partial charge on any atom is 0.490 e. The van der Waals surface area contributed by atoms with E-state index in [9.17, 15) is 23.4 Å². The largest absolute Gasteiger partial charge is 0.490 e. The minimum Gasteiger partial charge on any atom is -0.475 e. The molecule has 0 spiro atoms. The first-order valence-electron chi connectivity index (χ1n) is 13.5. The molecular formula is C30H28F3N5O5S. The number of aliphatic hydroxyl groups excluding tert-OH is 1. The van der Waals surface area contributed by atoms with Crippen LogP contribution in [0.15, 0.2) is 47.5 Å². The number of pyridine rings is 2. The summed E-state index contributed by atoms with van der Waals surface area (Å²) in [4.78, 5) is 18.3. The summed E-state index contributed by atoms with van der Waals surface area (Å²) >= 11 is 1.51. The zero-order chi connectivity index (χ0) is 31.8. The maximum atomic E-state index is 10.6. The fraction of sp³-hybridized carbons (Fsp3) is 0.333. The van der Waals surface area contributed by atoms with Gasteiger partial charge in [-0.2, -0.15) is 18.3 Å². The summed E-state index contributed by atoms with van der Waals surface area (Å²) in [5.74, 6) is 4.24. The van der Waals surface area contributed by atoms with Crippen LogP contribution in [0.5, 0.6) is 0 Å². The van der Waals surface area contributed by atoms with Crippen LogP contribution in [0.3, 0.4) is 0 Å². The van der Waals surface area contributed by atoms with Gasteiger partial charge < -0.3 is 25.5 Å². The predicted molar refractivity (Wildman–Crippen MR) is 159 cm³/mol. The zero-order valence-electron chi connectivity index (χ0n) is 23.6. The second-order valence-electron chi connectivity index (χ2n) is 10.9. The number of alkyl halides is 3. The number of aliphatic carboxylic acids is 1. The van der Waals surface area contributed by atoms with Crippen molar-refractivity contribution in [3.8, 4) is 34.3 Å². The second kappa shape index (κ2) is 11.9. The van der Waals surface area contributed by atoms with Crippen LogP contribution in [-0.2, 0) is 4.79 Å². The number of nitrogens with two attached hydrogens (primary N) is 1. The number of furan rings is 1. The van der Waals surface area contributed by atoms with Crippen molar-refractivity contribution in [3.63, 3.8) is 0 Å². The molecule has 0 radical (unpaired) electrons. The number of carboxylic acid groups (broad SMARTS) is 1. The van der Waals surface area contributed by atoms with Crippen molar-refractivity contribution in [2.45, 2.75) is 63.5 Å². The Hall–Kier alpha value is -4.45. The molecular weight excluding hydrogens is 599 g/mol. The van der Waals surface area contributed by atoms with Crippen LogP contribution in [0, 0.1) is 11.8 Å². The van der Waals surface area contributed by atoms with E-state index in [1.807, 2.05) is 29.2 Å². The Morgan fingerprint density at radius 1 is 1.16 bits per heavy atom. The van der Waals surface area contributed by atoms with Gasteiger partial charge >= 0.3 is 12.1 Å². The van der Waals surface area contributed by atoms with E-state index in [0.717, 1.165) is 62.7 Å². The molecule has 1 fully saturated rings. The number of hydrogen-bond donors (Lipinski definition) is 4. The molecule has 0 aromatic carbocycles. The number of nitrogens with zero attached hydrogens (tertiary/aromatic N) is 4. The number of anilines is 1. The molecule has 6 rings (SSSR count). The van der Waals surface area contributed by atoms with Crippen LogP contribution in [0.25, 0.3) is 43.5 Å². The van der Waals surface area contributed by atoms with Crippen LogP contribution >= 0.6 is 11.3 Å². The zero-order valence-corrected chi connectivity index (χ0v) is 24.4. The number of halogens is 3. The highest BCUT2D eigenvalue weighted by atomic mass is 32.1. The lowest BCUT2D eigenvalue weighted by molar-refractivity contribution is -0.192. The summed E-state index contributed by atoms with van der Waals surface area (Å²) in [6.45, 7) is 3.31. The molecule has 5 heterocycles. The smallest absolute Gasteiger partial charge is 0.475 e. The summed E-state index contributed by atoms with van der Waals surface area (Å²) in [6, 6.07) is 4.20. The van der Waals surface area contributed by atoms with Gasteiger partial charge in [-0.15, -0.1) is 11.3 Å². The highest BCUT2D eigenvalue weighted by molar-refractivity contribution is 7.20. The topological polar surface area (TPSA) is 161 Å². The van der Waals surface area contributed by atoms with Crippen molar-refractivity contribution < 1.29 is 37.7 Å². The molecule has 5 aromatic heterocycles. The van der Waals surface area contributed by atoms with Crippen LogP contribution in [0.4, 0.5) is 19.0 Å². The Morgan fingerprint density at radius 2 is 1.86 bits per heavy atom. The van der Waals surface area contributed by atoms with Gasteiger partial charge in [0.25, 0.3) is 0 Å². The van der Waals surface area contributed by atoms with Crippen LogP contribution in [-0.4, -0.2) is 58.9 Å². The van der Waals surface area contributed by atoms with Crippen LogP contribution in [0.2, 0.25) is 0 Å². The maximum absolute atomic E-state index is 10.6. The molecule has 10 nitrogen and oxygen atoms in total. The molecule has 0 atom stereocenters. The fourth-order valence-electron chi connectivity index (χ4n) is 4.89. The molecule has 5 aromatic rings. The van der Waals surface area contributed by atoms with E-state index in [0.29, 0.717) is 17.2 Å². The number of carboxylic acids is 1. The summed E-state index contributed by atoms with van der Waals surface area (Å²) in [5.41, 5.74) is 8.29. The van der Waals surface area contributed by atoms with E-state index in [1.54, 1.807) is 32.4 Å². The van der Waals surface area contributed by atoms with Gasteiger partial charge in [0.2, 0.25) is 0 Å². The van der Waals surface area contributed by atoms with Crippen molar-refractivity contribution in [2.24, 2.45) is 0 Å². The van der Waals surface area contributed by atoms with Gasteiger partial charge in [-0.1, -0.05) is 11.8 Å². The Labute approximate surface area is 253 Å². The standard InChI is InChI=1S/C28H27N5O3S.C2HF3O2/c1-28(2,35)9-7-23-25(19-8-10-30-14-24(19)37-23)22-11-20-21(13-31-27(29)26(20)36-22)16-12-32-33(15-16)17-3-5-18(34)6-4-17;3-2(4,5)1(6)7/h8,10-15,17-18,34-35H,3-6H2,1-2H3,(H2,29,31);(H,6,7). The van der Waals surface area contributed by atoms with Gasteiger partial charge in [-0.05, 0) is 51.7 Å². The minimum absolute atomic E-state index is 0.210. The summed E-state index contributed by atoms with van der Waals surface area (Å²) in [6.07, 6.45) is 7.29. The molecule has 0 bridgehead atoms. The monoisotopic (exact) mass is 627 g/mol. The number of aliphatic hydroxyl groups is 2. The first kappa shape index (κ1) is 31.0. The van der Waals surface area contributed by atoms with Crippen molar-refractivity contribution in [2.75, 3.05) is 5.73 Å². The Balaban J connectivity index is 0.000000493. The lowest BCUT2D eigenvalue weighted by atomic mass is 9.93. The highest BCUT2D eigenvalue weighted by Crippen LogP contribution is 2.43. The van der Waals surface area contributed by atoms with Gasteiger partial charge in [0.05, 0.1) is 33.5 Å². The van der Waals surface area contributed by atoms with Crippen molar-refractivity contribution in [1.29, 1.82) is 0 Å². The third kappa shape index (κ3) is 6.70. The molecule has 1 aliphatic rings. The average molecular weight is 628 g/mol. The summed E-state index contributed by atoms with van der Waals surface area (Å²) < 4.78 is 41.0. The molecule has 0 amide bonds. The Kier molecular flexibility index (Phi) is 8.39. The van der Waals surface area contributed by atoms with Crippen molar-refractivity contribution >= 4 is 44.2 Å². The number of fused-ring (bicyclic) bond motifs is 2. The van der Waals surface area contributed by atoms with Gasteiger partial charge in [-0.3, -0.25) is 9.67 Å². The SMILES string of the molecule is CC(C)(O)C#Cc1sc2cnccc2c1-c1cc2c(-c3cnn(C4CCC(O)CC4)c3)cnc(N)c2o1.O=C(O)C(F)(F)F. The Bertz CT molecular complexity index is 1890. The van der Waals surface area contributed by atoms with E-state index in [1.165, 1.54) is 11.3 Å². The first-order chi connectivity index (χ1) is 20.7. The van der Waals surface area contributed by atoms with E-state index < -0.39 is 17.7 Å². The van der Waals surface area contributed by atoms with Crippen molar-refractivity contribution in [3.05, 3.63) is 48.0 Å². The lowest BCUT2D eigenvalue weighted by Crippen LogP contribution is -2.21. The van der Waals surface area contributed by atoms with Crippen molar-refractivity contribution in [1.82, 2.24) is 19.7 Å². The van der Waals surface area contributed by atoms with E-state index in [-0.39, 0.29) is 12.1 Å². The third-order valence-electron chi connectivity index (χ3n) is 7.00. The highest BCUT2D eigenvalue weighted by Gasteiger charge is 2.38. The van der Waals surface area contributed by atoms with E-state index >= 15 is 0 Å². The second-order valence-corrected chi connectivity index (χ2v) is 11.9. The minimum atomic E-state index is -5.08. The number of nitrogen functional groups attached to an aromatic ring is 1. The van der Waals surface area contributed by atoms with E-state index in [4.69, 9.17) is 20.1 Å². The number of carbonyl (C=O) groups is 1. The predicted octanol–water partition coefficient (Wildman–Crippen LogP) is 5.78. The molecule has 14 heteroatoms. The molecule has 0 saturated heterocycles. The molecule has 0 aliphatic heterocycles. The third-order valence-corrected chi connectivity index (χ3v) is 8.06. The Morgan fingerprint density at radius 3 is 2.52 bits per heavy atom. The van der Waals surface area contributed by atoms with Gasteiger partial charge in [0.1, 0.15) is 11.4 Å². The number of thiophene rings is 1. The summed E-state index contributed by atoms with van der Waals surface area (Å²) in [5, 5.41) is 33.6. The number of aromatic nitrogens is 4. The van der Waals surface area contributed by atoms with Gasteiger partial charge in [0.15, 0.2) is 11.4 Å². The molecule has 1 aliphatic carbocycles. The van der Waals surface area contributed by atoms with Crippen LogP contribution < -0.4 is 5.73 Å². The van der Waals surface area contributed by atoms with E-state index in [2.05, 4.69) is 26.9 Å². The lowest BCUT2D eigenvalue weighted by Gasteiger charge is -2.25. The molecule has 5 N–H and O–H groups in total. The van der Waals surface area contributed by atoms with Crippen LogP contribution in [0.1, 0.15) is 50.4 Å². The van der Waals surface area contributed by atoms with Gasteiger partial charge in [-0.25, -0.2) is 9.78 Å². The average Bonchev–Trinajstić information content (AvgIpc) is 3.69. The molecule has 0 unspecified atom stereocenters. The summed E-state index contributed by atoms with van der Waals surface area (Å²) in [7, 11) is 0. The normalized spacial score (nSPS) is 17.2. The first-order valence-corrected chi connectivity index (χ1v) is 14.4. The molecule has 230 valence electrons. The van der Waals surface area contributed by atoms with Gasteiger partial charge in [0, 0.05) is 46.7 Å². The molecule has 1 saturated carbocycles. The number of hydrogen-bond acceptors (Lipinski definition) is 9. The quantitative estimate of drug-likeness (QED) is 0.182. The fourth-order valence-corrected chi connectivity index (χ4v) is 5.92. The molecule has 44 heavy (non-hydrogen) atoms.